The van der Waals surface area contributed by atoms with E-state index in [-0.39, 0.29) is 11.6 Å². The first-order chi connectivity index (χ1) is 7.10. The summed E-state index contributed by atoms with van der Waals surface area (Å²) < 4.78 is 18.8. The van der Waals surface area contributed by atoms with E-state index in [0.717, 1.165) is 12.0 Å². The van der Waals surface area contributed by atoms with Crippen LogP contribution in [-0.4, -0.2) is 13.7 Å². The van der Waals surface area contributed by atoms with Crippen molar-refractivity contribution in [2.75, 3.05) is 13.7 Å². The number of halogens is 2. The van der Waals surface area contributed by atoms with Gasteiger partial charge in [-0.2, -0.15) is 0 Å². The van der Waals surface area contributed by atoms with Gasteiger partial charge >= 0.3 is 0 Å². The van der Waals surface area contributed by atoms with Crippen LogP contribution in [0.5, 0.6) is 5.75 Å². The molecule has 0 fully saturated rings. The Morgan fingerprint density at radius 3 is 2.73 bits per heavy atom. The van der Waals surface area contributed by atoms with E-state index in [2.05, 4.69) is 22.9 Å². The fourth-order valence-electron chi connectivity index (χ4n) is 1.43. The van der Waals surface area contributed by atoms with Crippen LogP contribution in [0.1, 0.15) is 24.8 Å². The molecule has 0 saturated heterocycles. The van der Waals surface area contributed by atoms with Crippen molar-refractivity contribution in [3.63, 3.8) is 0 Å². The number of rotatable bonds is 4. The maximum absolute atomic E-state index is 13.4. The van der Waals surface area contributed by atoms with Gasteiger partial charge in [-0.05, 0) is 52.5 Å². The van der Waals surface area contributed by atoms with Gasteiger partial charge in [0.05, 0.1) is 11.6 Å². The molecule has 2 nitrogen and oxygen atoms in total. The molecule has 0 heterocycles. The number of ether oxygens (including phenoxy) is 1. The summed E-state index contributed by atoms with van der Waals surface area (Å²) >= 11 is 3.17. The number of nitrogens with two attached hydrogens (primary N) is 1. The Bertz CT molecular complexity index is 344. The summed E-state index contributed by atoms with van der Waals surface area (Å²) in [4.78, 5) is 0. The van der Waals surface area contributed by atoms with E-state index < -0.39 is 0 Å². The molecule has 1 rings (SSSR count). The summed E-state index contributed by atoms with van der Waals surface area (Å²) in [5.74, 6) is 0.213. The molecule has 0 amide bonds. The predicted molar refractivity (Wildman–Crippen MR) is 62.7 cm³/mol. The minimum absolute atomic E-state index is 0.267. The summed E-state index contributed by atoms with van der Waals surface area (Å²) in [5, 5.41) is 0. The molecule has 0 aliphatic rings. The first-order valence-electron chi connectivity index (χ1n) is 4.83. The third kappa shape index (κ3) is 2.92. The lowest BCUT2D eigenvalue weighted by Gasteiger charge is -2.13. The molecule has 15 heavy (non-hydrogen) atoms. The van der Waals surface area contributed by atoms with Crippen LogP contribution in [0.4, 0.5) is 4.39 Å². The molecule has 0 aliphatic heterocycles. The first-order valence-corrected chi connectivity index (χ1v) is 5.62. The van der Waals surface area contributed by atoms with Gasteiger partial charge in [-0.1, -0.05) is 6.92 Å². The Kier molecular flexibility index (Phi) is 4.54. The minimum Gasteiger partial charge on any atom is -0.494 e. The fraction of sp³-hybridized carbons (Fsp3) is 0.455. The van der Waals surface area contributed by atoms with E-state index in [9.17, 15) is 4.39 Å². The van der Waals surface area contributed by atoms with Crippen molar-refractivity contribution in [2.45, 2.75) is 19.3 Å². The van der Waals surface area contributed by atoms with Crippen LogP contribution >= 0.6 is 15.9 Å². The van der Waals surface area contributed by atoms with Crippen molar-refractivity contribution in [2.24, 2.45) is 5.73 Å². The molecular weight excluding hydrogens is 261 g/mol. The van der Waals surface area contributed by atoms with Crippen LogP contribution in [0.15, 0.2) is 16.6 Å². The zero-order chi connectivity index (χ0) is 11.4. The summed E-state index contributed by atoms with van der Waals surface area (Å²) in [6, 6.07) is 3.50. The zero-order valence-electron chi connectivity index (χ0n) is 8.89. The summed E-state index contributed by atoms with van der Waals surface area (Å²) in [5.41, 5.74) is 6.52. The van der Waals surface area contributed by atoms with Crippen molar-refractivity contribution >= 4 is 15.9 Å². The molecule has 0 spiro atoms. The minimum atomic E-state index is -0.360. The summed E-state index contributed by atoms with van der Waals surface area (Å²) in [6.07, 6.45) is 0.876. The van der Waals surface area contributed by atoms with Crippen LogP contribution in [0, 0.1) is 5.82 Å². The molecule has 0 aromatic heterocycles. The fourth-order valence-corrected chi connectivity index (χ4v) is 1.89. The lowest BCUT2D eigenvalue weighted by atomic mass is 9.97. The molecule has 2 N–H and O–H groups in total. The van der Waals surface area contributed by atoms with Gasteiger partial charge in [-0.15, -0.1) is 0 Å². The van der Waals surface area contributed by atoms with Crippen molar-refractivity contribution in [3.05, 3.63) is 28.0 Å². The Morgan fingerprint density at radius 2 is 2.20 bits per heavy atom. The van der Waals surface area contributed by atoms with Crippen LogP contribution in [0.3, 0.4) is 0 Å². The molecule has 1 atom stereocenters. The van der Waals surface area contributed by atoms with Crippen LogP contribution in [0.25, 0.3) is 0 Å². The third-order valence-corrected chi connectivity index (χ3v) is 2.98. The quantitative estimate of drug-likeness (QED) is 0.917. The Hall–Kier alpha value is -0.610. The highest BCUT2D eigenvalue weighted by Crippen LogP contribution is 2.31. The highest BCUT2D eigenvalue weighted by atomic mass is 79.9. The molecule has 0 radical (unpaired) electrons. The van der Waals surface area contributed by atoms with E-state index >= 15 is 0 Å². The second-order valence-corrected chi connectivity index (χ2v) is 4.35. The van der Waals surface area contributed by atoms with Gasteiger partial charge in [0.15, 0.2) is 11.6 Å². The van der Waals surface area contributed by atoms with E-state index in [4.69, 9.17) is 10.5 Å². The number of methoxy groups -OCH3 is 1. The smallest absolute Gasteiger partial charge is 0.179 e. The normalized spacial score (nSPS) is 12.6. The Morgan fingerprint density at radius 1 is 1.53 bits per heavy atom. The molecule has 1 aromatic carbocycles. The lowest BCUT2D eigenvalue weighted by Crippen LogP contribution is -2.05. The SMILES string of the molecule is COc1cc(C(C)CCN)cc(Br)c1F. The van der Waals surface area contributed by atoms with E-state index in [1.807, 2.05) is 0 Å². The van der Waals surface area contributed by atoms with Crippen molar-refractivity contribution in [1.82, 2.24) is 0 Å². The highest BCUT2D eigenvalue weighted by molar-refractivity contribution is 9.10. The second kappa shape index (κ2) is 5.47. The first kappa shape index (κ1) is 12.5. The monoisotopic (exact) mass is 275 g/mol. The Balaban J connectivity index is 3.05. The second-order valence-electron chi connectivity index (χ2n) is 3.50. The largest absolute Gasteiger partial charge is 0.494 e. The highest BCUT2D eigenvalue weighted by Gasteiger charge is 2.12. The van der Waals surface area contributed by atoms with E-state index in [1.165, 1.54) is 7.11 Å². The van der Waals surface area contributed by atoms with Gasteiger partial charge < -0.3 is 10.5 Å². The zero-order valence-corrected chi connectivity index (χ0v) is 10.5. The number of hydrogen-bond acceptors (Lipinski definition) is 2. The number of benzene rings is 1. The third-order valence-electron chi connectivity index (χ3n) is 2.41. The summed E-state index contributed by atoms with van der Waals surface area (Å²) in [7, 11) is 1.46. The van der Waals surface area contributed by atoms with Gasteiger partial charge in [-0.3, -0.25) is 0 Å². The van der Waals surface area contributed by atoms with Gasteiger partial charge in [0, 0.05) is 0 Å². The lowest BCUT2D eigenvalue weighted by molar-refractivity contribution is 0.384. The summed E-state index contributed by atoms with van der Waals surface area (Å²) in [6.45, 7) is 2.68. The van der Waals surface area contributed by atoms with Crippen molar-refractivity contribution < 1.29 is 9.13 Å². The molecule has 0 saturated carbocycles. The average molecular weight is 276 g/mol. The molecule has 84 valence electrons. The predicted octanol–water partition coefficient (Wildman–Crippen LogP) is 3.05. The van der Waals surface area contributed by atoms with Crippen LogP contribution in [-0.2, 0) is 0 Å². The van der Waals surface area contributed by atoms with Gasteiger partial charge in [0.25, 0.3) is 0 Å². The van der Waals surface area contributed by atoms with E-state index in [1.54, 1.807) is 12.1 Å². The van der Waals surface area contributed by atoms with Gasteiger partial charge in [-0.25, -0.2) is 4.39 Å². The molecule has 0 bridgehead atoms. The van der Waals surface area contributed by atoms with E-state index in [0.29, 0.717) is 16.9 Å². The van der Waals surface area contributed by atoms with Crippen LogP contribution in [0.2, 0.25) is 0 Å². The molecule has 0 aliphatic carbocycles. The van der Waals surface area contributed by atoms with Gasteiger partial charge in [0.1, 0.15) is 0 Å². The maximum atomic E-state index is 13.4. The average Bonchev–Trinajstić information content (AvgIpc) is 2.22. The van der Waals surface area contributed by atoms with Gasteiger partial charge in [0.2, 0.25) is 0 Å². The Labute approximate surface area is 97.7 Å². The van der Waals surface area contributed by atoms with Crippen molar-refractivity contribution in [1.29, 1.82) is 0 Å². The number of hydrogen-bond donors (Lipinski definition) is 1. The molecular formula is C11H15BrFNO. The van der Waals surface area contributed by atoms with Crippen LogP contribution < -0.4 is 10.5 Å². The molecule has 4 heteroatoms. The standard InChI is InChI=1S/C11H15BrFNO/c1-7(3-4-14)8-5-9(12)11(13)10(6-8)15-2/h5-7H,3-4,14H2,1-2H3. The van der Waals surface area contributed by atoms with Crippen molar-refractivity contribution in [3.8, 4) is 5.75 Å². The topological polar surface area (TPSA) is 35.2 Å². The molecule has 1 unspecified atom stereocenters. The molecule has 1 aromatic rings. The maximum Gasteiger partial charge on any atom is 0.179 e.